The lowest BCUT2D eigenvalue weighted by molar-refractivity contribution is -0.387. The fourth-order valence-corrected chi connectivity index (χ4v) is 5.25. The van der Waals surface area contributed by atoms with Crippen molar-refractivity contribution in [1.29, 1.82) is 0 Å². The Morgan fingerprint density at radius 3 is 2.50 bits per heavy atom. The lowest BCUT2D eigenvalue weighted by atomic mass is 10.1. The zero-order chi connectivity index (χ0) is 24.0. The highest BCUT2D eigenvalue weighted by atomic mass is 32.2. The maximum atomic E-state index is 15.1. The Balaban J connectivity index is 1.41. The number of benzene rings is 2. The van der Waals surface area contributed by atoms with E-state index in [4.69, 9.17) is 0 Å². The van der Waals surface area contributed by atoms with E-state index in [9.17, 15) is 24.8 Å². The van der Waals surface area contributed by atoms with Gasteiger partial charge in [0, 0.05) is 49.9 Å². The second-order valence-electron chi connectivity index (χ2n) is 8.37. The van der Waals surface area contributed by atoms with Crippen LogP contribution in [0.1, 0.15) is 29.2 Å². The van der Waals surface area contributed by atoms with E-state index in [0.29, 0.717) is 42.3 Å². The molecule has 1 N–H and O–H groups in total. The van der Waals surface area contributed by atoms with Gasteiger partial charge in [0.25, 0.3) is 5.69 Å². The van der Waals surface area contributed by atoms with Crippen molar-refractivity contribution < 1.29 is 19.2 Å². The minimum atomic E-state index is -1.32. The van der Waals surface area contributed by atoms with E-state index < -0.39 is 22.1 Å². The first-order valence-electron chi connectivity index (χ1n) is 10.9. The van der Waals surface area contributed by atoms with Gasteiger partial charge < -0.3 is 14.6 Å². The summed E-state index contributed by atoms with van der Waals surface area (Å²) in [5, 5.41) is 20.7. The average Bonchev–Trinajstić information content (AvgIpc) is 3.65. The molecule has 2 fully saturated rings. The molecule has 5 rings (SSSR count). The molecule has 11 heteroatoms. The molecule has 1 saturated carbocycles. The first-order chi connectivity index (χ1) is 16.3. The zero-order valence-electron chi connectivity index (χ0n) is 18.0. The number of aromatic carboxylic acids is 1. The van der Waals surface area contributed by atoms with Crippen molar-refractivity contribution in [2.45, 2.75) is 23.8 Å². The Hall–Kier alpha value is -3.44. The van der Waals surface area contributed by atoms with Crippen LogP contribution in [0.15, 0.2) is 52.3 Å². The number of carbonyl (C=O) groups is 1. The van der Waals surface area contributed by atoms with Crippen molar-refractivity contribution in [3.8, 4) is 0 Å². The third kappa shape index (κ3) is 4.12. The summed E-state index contributed by atoms with van der Waals surface area (Å²) in [5.74, 6) is -1.90. The number of pyridine rings is 1. The number of halogens is 1. The van der Waals surface area contributed by atoms with Crippen molar-refractivity contribution in [2.24, 2.45) is 0 Å². The van der Waals surface area contributed by atoms with Crippen LogP contribution in [-0.2, 0) is 0 Å². The molecule has 2 aliphatic rings. The Morgan fingerprint density at radius 2 is 1.85 bits per heavy atom. The summed E-state index contributed by atoms with van der Waals surface area (Å²) in [5.41, 5.74) is -0.0951. The molecule has 0 atom stereocenters. The number of carboxylic acids is 1. The van der Waals surface area contributed by atoms with Crippen molar-refractivity contribution in [2.75, 3.05) is 31.1 Å². The summed E-state index contributed by atoms with van der Waals surface area (Å²) in [6, 6.07) is 9.45. The molecule has 1 aromatic heterocycles. The van der Waals surface area contributed by atoms with E-state index in [1.54, 1.807) is 28.8 Å². The van der Waals surface area contributed by atoms with Gasteiger partial charge in [-0.1, -0.05) is 12.1 Å². The summed E-state index contributed by atoms with van der Waals surface area (Å²) >= 11 is 1.31. The SMILES string of the molecule is O=C(O)c1cn(C2CC2)c2cc(N3CCN(Sc4ccccc4[N+](=O)[O-])CC3)c(F)cc2c1=O. The maximum absolute atomic E-state index is 15.1. The van der Waals surface area contributed by atoms with Crippen LogP contribution in [0.3, 0.4) is 0 Å². The van der Waals surface area contributed by atoms with Gasteiger partial charge in [-0.15, -0.1) is 0 Å². The normalized spacial score (nSPS) is 16.7. The lowest BCUT2D eigenvalue weighted by Gasteiger charge is -2.35. The number of fused-ring (bicyclic) bond motifs is 1. The molecule has 176 valence electrons. The number of aromatic nitrogens is 1. The van der Waals surface area contributed by atoms with Crippen LogP contribution < -0.4 is 10.3 Å². The van der Waals surface area contributed by atoms with Crippen molar-refractivity contribution in [3.05, 3.63) is 74.3 Å². The van der Waals surface area contributed by atoms with E-state index in [0.717, 1.165) is 18.9 Å². The van der Waals surface area contributed by atoms with Gasteiger partial charge >= 0.3 is 5.97 Å². The van der Waals surface area contributed by atoms with Crippen molar-refractivity contribution >= 4 is 40.2 Å². The largest absolute Gasteiger partial charge is 0.477 e. The van der Waals surface area contributed by atoms with Crippen LogP contribution in [-0.4, -0.2) is 51.1 Å². The predicted octanol–water partition coefficient (Wildman–Crippen LogP) is 3.91. The second-order valence-corrected chi connectivity index (χ2v) is 9.51. The summed E-state index contributed by atoms with van der Waals surface area (Å²) in [7, 11) is 0. The molecular formula is C23H21FN4O5S. The Morgan fingerprint density at radius 1 is 1.15 bits per heavy atom. The number of hydrogen-bond acceptors (Lipinski definition) is 7. The van der Waals surface area contributed by atoms with Gasteiger partial charge in [-0.3, -0.25) is 14.9 Å². The lowest BCUT2D eigenvalue weighted by Crippen LogP contribution is -2.43. The van der Waals surface area contributed by atoms with E-state index in [1.807, 2.05) is 9.21 Å². The van der Waals surface area contributed by atoms with Crippen LogP contribution in [0.5, 0.6) is 0 Å². The Bertz CT molecular complexity index is 1370. The highest BCUT2D eigenvalue weighted by Gasteiger charge is 2.29. The Kier molecular flexibility index (Phi) is 5.74. The molecular weight excluding hydrogens is 463 g/mol. The fraction of sp³-hybridized carbons (Fsp3) is 0.304. The van der Waals surface area contributed by atoms with Gasteiger partial charge in [0.1, 0.15) is 16.3 Å². The number of piperazine rings is 1. The van der Waals surface area contributed by atoms with E-state index in [-0.39, 0.29) is 22.7 Å². The number of anilines is 1. The first kappa shape index (κ1) is 22.4. The molecule has 1 aliphatic carbocycles. The molecule has 3 aromatic rings. The van der Waals surface area contributed by atoms with Crippen molar-refractivity contribution in [1.82, 2.24) is 8.87 Å². The monoisotopic (exact) mass is 484 g/mol. The smallest absolute Gasteiger partial charge is 0.341 e. The number of carboxylic acid groups (broad SMARTS) is 1. The molecule has 0 spiro atoms. The quantitative estimate of drug-likeness (QED) is 0.319. The molecule has 1 saturated heterocycles. The number of rotatable bonds is 6. The standard InChI is InChI=1S/C23H21FN4O5S/c24-17-11-15-19(27(14-5-6-14)13-16(22(15)29)23(30)31)12-20(17)25-7-9-26(10-8-25)34-21-4-2-1-3-18(21)28(32)33/h1-4,11-14H,5-10H2,(H,30,31). The summed E-state index contributed by atoms with van der Waals surface area (Å²) in [6.45, 7) is 2.11. The molecule has 0 unspecified atom stereocenters. The first-order valence-corrected chi connectivity index (χ1v) is 11.6. The van der Waals surface area contributed by atoms with Crippen LogP contribution in [0, 0.1) is 15.9 Å². The molecule has 2 aromatic carbocycles. The number of nitrogens with zero attached hydrogens (tertiary/aromatic N) is 4. The summed E-state index contributed by atoms with van der Waals surface area (Å²) in [6.07, 6.45) is 3.13. The van der Waals surface area contributed by atoms with Gasteiger partial charge in [-0.05, 0) is 43.0 Å². The van der Waals surface area contributed by atoms with Gasteiger partial charge in [0.15, 0.2) is 0 Å². The zero-order valence-corrected chi connectivity index (χ0v) is 18.8. The Labute approximate surface area is 197 Å². The highest BCUT2D eigenvalue weighted by Crippen LogP contribution is 2.38. The number of hydrogen-bond donors (Lipinski definition) is 1. The van der Waals surface area contributed by atoms with Gasteiger partial charge in [0.05, 0.1) is 16.1 Å². The predicted molar refractivity (Wildman–Crippen MR) is 126 cm³/mol. The number of nitro benzene ring substituents is 1. The van der Waals surface area contributed by atoms with Crippen molar-refractivity contribution in [3.63, 3.8) is 0 Å². The third-order valence-electron chi connectivity index (χ3n) is 6.14. The van der Waals surface area contributed by atoms with Crippen LogP contribution in [0.25, 0.3) is 10.9 Å². The molecule has 1 aliphatic heterocycles. The van der Waals surface area contributed by atoms with Crippen LogP contribution in [0.2, 0.25) is 0 Å². The fourth-order valence-electron chi connectivity index (χ4n) is 4.25. The minimum Gasteiger partial charge on any atom is -0.477 e. The van der Waals surface area contributed by atoms with Crippen LogP contribution in [0.4, 0.5) is 15.8 Å². The highest BCUT2D eigenvalue weighted by molar-refractivity contribution is 7.97. The van der Waals surface area contributed by atoms with Gasteiger partial charge in [-0.2, -0.15) is 0 Å². The molecule has 9 nitrogen and oxygen atoms in total. The van der Waals surface area contributed by atoms with Gasteiger partial charge in [-0.25, -0.2) is 13.5 Å². The molecule has 34 heavy (non-hydrogen) atoms. The molecule has 0 radical (unpaired) electrons. The second kappa shape index (κ2) is 8.73. The average molecular weight is 485 g/mol. The van der Waals surface area contributed by atoms with E-state index >= 15 is 4.39 Å². The van der Waals surface area contributed by atoms with Gasteiger partial charge in [0.2, 0.25) is 5.43 Å². The summed E-state index contributed by atoms with van der Waals surface area (Å²) in [4.78, 5) is 37.5. The van der Waals surface area contributed by atoms with Crippen LogP contribution >= 0.6 is 11.9 Å². The third-order valence-corrected chi connectivity index (χ3v) is 7.31. The molecule has 0 bridgehead atoms. The minimum absolute atomic E-state index is 0.0503. The maximum Gasteiger partial charge on any atom is 0.341 e. The summed E-state index contributed by atoms with van der Waals surface area (Å²) < 4.78 is 18.9. The topological polar surface area (TPSA) is 109 Å². The van der Waals surface area contributed by atoms with E-state index in [1.165, 1.54) is 24.2 Å². The van der Waals surface area contributed by atoms with E-state index in [2.05, 4.69) is 0 Å². The number of para-hydroxylation sites is 1. The molecule has 0 amide bonds. The molecule has 2 heterocycles. The number of nitro groups is 1.